The number of amides is 2. The topological polar surface area (TPSA) is 91.9 Å². The lowest BCUT2D eigenvalue weighted by atomic mass is 10.0. The summed E-state index contributed by atoms with van der Waals surface area (Å²) in [5.74, 6) is 0.339. The number of ether oxygens (including phenoxy) is 2. The molecule has 8 nitrogen and oxygen atoms in total. The van der Waals surface area contributed by atoms with Gasteiger partial charge < -0.3 is 14.8 Å². The monoisotopic (exact) mass is 378 g/mol. The molecule has 1 aromatic carbocycles. The van der Waals surface area contributed by atoms with Gasteiger partial charge in [-0.3, -0.25) is 25.3 Å². The minimum absolute atomic E-state index is 0.237. The van der Waals surface area contributed by atoms with Gasteiger partial charge in [0.15, 0.2) is 11.5 Å². The summed E-state index contributed by atoms with van der Waals surface area (Å²) in [5, 5.41) is 3.53. The highest BCUT2D eigenvalue weighted by Crippen LogP contribution is 2.27. The molecule has 150 valence electrons. The Morgan fingerprint density at radius 2 is 1.78 bits per heavy atom. The zero-order valence-electron chi connectivity index (χ0n) is 16.5. The van der Waals surface area contributed by atoms with Gasteiger partial charge in [0.1, 0.15) is 0 Å². The Bertz CT molecular complexity index is 643. The molecule has 1 aliphatic heterocycles. The number of benzene rings is 1. The Kier molecular flexibility index (Phi) is 7.87. The summed E-state index contributed by atoms with van der Waals surface area (Å²) < 4.78 is 10.3. The zero-order valence-corrected chi connectivity index (χ0v) is 16.5. The Hall–Kier alpha value is -2.32. The van der Waals surface area contributed by atoms with E-state index >= 15 is 0 Å². The number of hydrogen-bond acceptors (Lipinski definition) is 6. The molecule has 27 heavy (non-hydrogen) atoms. The summed E-state index contributed by atoms with van der Waals surface area (Å²) in [4.78, 5) is 26.4. The van der Waals surface area contributed by atoms with Crippen molar-refractivity contribution in [2.75, 3.05) is 33.9 Å². The third kappa shape index (κ3) is 6.41. The van der Waals surface area contributed by atoms with E-state index in [1.165, 1.54) is 14.2 Å². The van der Waals surface area contributed by atoms with Crippen LogP contribution in [0.15, 0.2) is 18.2 Å². The SMILES string of the molecule is COc1ccc(C(=O)NNC(=O)CN2CCC(NC(C)C)CC2)cc1OC. The quantitative estimate of drug-likeness (QED) is 0.612. The smallest absolute Gasteiger partial charge is 0.269 e. The van der Waals surface area contributed by atoms with Crippen LogP contribution in [0.2, 0.25) is 0 Å². The minimum Gasteiger partial charge on any atom is -0.493 e. The number of likely N-dealkylation sites (tertiary alicyclic amines) is 1. The molecular formula is C19H30N4O4. The molecule has 0 bridgehead atoms. The molecule has 0 radical (unpaired) electrons. The molecule has 2 amide bonds. The maximum atomic E-state index is 12.2. The van der Waals surface area contributed by atoms with Crippen LogP contribution in [0.1, 0.15) is 37.0 Å². The van der Waals surface area contributed by atoms with Crippen molar-refractivity contribution in [2.24, 2.45) is 0 Å². The van der Waals surface area contributed by atoms with E-state index in [4.69, 9.17) is 9.47 Å². The summed E-state index contributed by atoms with van der Waals surface area (Å²) in [7, 11) is 3.03. The van der Waals surface area contributed by atoms with Crippen LogP contribution in [0.4, 0.5) is 0 Å². The van der Waals surface area contributed by atoms with Gasteiger partial charge in [0, 0.05) is 30.7 Å². The molecule has 1 fully saturated rings. The highest BCUT2D eigenvalue weighted by atomic mass is 16.5. The van der Waals surface area contributed by atoms with E-state index in [9.17, 15) is 9.59 Å². The largest absolute Gasteiger partial charge is 0.493 e. The highest BCUT2D eigenvalue weighted by Gasteiger charge is 2.21. The molecule has 1 heterocycles. The van der Waals surface area contributed by atoms with Crippen LogP contribution in [0.25, 0.3) is 0 Å². The van der Waals surface area contributed by atoms with E-state index in [2.05, 4.69) is 34.9 Å². The molecule has 2 rings (SSSR count). The van der Waals surface area contributed by atoms with Gasteiger partial charge in [-0.2, -0.15) is 0 Å². The summed E-state index contributed by atoms with van der Waals surface area (Å²) in [5.41, 5.74) is 5.28. The van der Waals surface area contributed by atoms with Crippen molar-refractivity contribution >= 4 is 11.8 Å². The van der Waals surface area contributed by atoms with Gasteiger partial charge in [-0.15, -0.1) is 0 Å². The lowest BCUT2D eigenvalue weighted by molar-refractivity contribution is -0.123. The van der Waals surface area contributed by atoms with Gasteiger partial charge in [0.2, 0.25) is 0 Å². The Labute approximate surface area is 160 Å². The predicted octanol–water partition coefficient (Wildman–Crippen LogP) is 0.927. The second-order valence-electron chi connectivity index (χ2n) is 6.94. The first-order valence-corrected chi connectivity index (χ1v) is 9.22. The first-order chi connectivity index (χ1) is 12.9. The minimum atomic E-state index is -0.413. The van der Waals surface area contributed by atoms with Crippen molar-refractivity contribution in [1.82, 2.24) is 21.1 Å². The van der Waals surface area contributed by atoms with E-state index in [0.29, 0.717) is 29.1 Å². The molecule has 0 aromatic heterocycles. The van der Waals surface area contributed by atoms with Crippen LogP contribution < -0.4 is 25.6 Å². The number of carbonyl (C=O) groups is 2. The molecule has 3 N–H and O–H groups in total. The van der Waals surface area contributed by atoms with Crippen LogP contribution in [-0.2, 0) is 4.79 Å². The number of hydrogen-bond donors (Lipinski definition) is 3. The summed E-state index contributed by atoms with van der Waals surface area (Å²) in [6.07, 6.45) is 2.03. The molecule has 0 saturated carbocycles. The summed E-state index contributed by atoms with van der Waals surface area (Å²) >= 11 is 0. The number of piperidine rings is 1. The number of nitrogens with one attached hydrogen (secondary N) is 3. The standard InChI is InChI=1S/C19H30N4O4/c1-13(2)20-15-7-9-23(10-8-15)12-18(24)21-22-19(25)14-5-6-16(26-3)17(11-14)27-4/h5-6,11,13,15,20H,7-10,12H2,1-4H3,(H,21,24)(H,22,25). The fraction of sp³-hybridized carbons (Fsp3) is 0.579. The molecule has 1 saturated heterocycles. The lowest BCUT2D eigenvalue weighted by Crippen LogP contribution is -2.50. The van der Waals surface area contributed by atoms with Crippen LogP contribution >= 0.6 is 0 Å². The summed E-state index contributed by atoms with van der Waals surface area (Å²) in [6, 6.07) is 5.79. The average Bonchev–Trinajstić information content (AvgIpc) is 2.66. The van der Waals surface area contributed by atoms with E-state index in [0.717, 1.165) is 25.9 Å². The summed E-state index contributed by atoms with van der Waals surface area (Å²) in [6.45, 7) is 6.27. The normalized spacial score (nSPS) is 15.4. The molecule has 1 aliphatic rings. The van der Waals surface area contributed by atoms with Crippen molar-refractivity contribution in [3.05, 3.63) is 23.8 Å². The number of hydrazine groups is 1. The highest BCUT2D eigenvalue weighted by molar-refractivity contribution is 5.96. The fourth-order valence-corrected chi connectivity index (χ4v) is 3.15. The van der Waals surface area contributed by atoms with E-state index < -0.39 is 5.91 Å². The van der Waals surface area contributed by atoms with E-state index in [1.54, 1.807) is 18.2 Å². The third-order valence-corrected chi connectivity index (χ3v) is 4.49. The molecule has 0 spiro atoms. The molecule has 0 aliphatic carbocycles. The van der Waals surface area contributed by atoms with Gasteiger partial charge in [-0.1, -0.05) is 13.8 Å². The maximum Gasteiger partial charge on any atom is 0.269 e. The Morgan fingerprint density at radius 3 is 2.37 bits per heavy atom. The average molecular weight is 378 g/mol. The molecule has 0 atom stereocenters. The van der Waals surface area contributed by atoms with Gasteiger partial charge in [0.05, 0.1) is 20.8 Å². The van der Waals surface area contributed by atoms with Crippen molar-refractivity contribution < 1.29 is 19.1 Å². The zero-order chi connectivity index (χ0) is 19.8. The second kappa shape index (κ2) is 10.1. The van der Waals surface area contributed by atoms with E-state index in [1.807, 2.05) is 0 Å². The maximum absolute atomic E-state index is 12.2. The van der Waals surface area contributed by atoms with Gasteiger partial charge in [0.25, 0.3) is 11.8 Å². The van der Waals surface area contributed by atoms with Gasteiger partial charge in [-0.05, 0) is 31.0 Å². The number of methoxy groups -OCH3 is 2. The molecule has 0 unspecified atom stereocenters. The Morgan fingerprint density at radius 1 is 1.11 bits per heavy atom. The Balaban J connectivity index is 1.76. The van der Waals surface area contributed by atoms with Crippen LogP contribution in [0.3, 0.4) is 0 Å². The lowest BCUT2D eigenvalue weighted by Gasteiger charge is -2.32. The van der Waals surface area contributed by atoms with Crippen LogP contribution in [-0.4, -0.2) is 62.7 Å². The molecule has 8 heteroatoms. The van der Waals surface area contributed by atoms with Crippen molar-refractivity contribution in [3.8, 4) is 11.5 Å². The van der Waals surface area contributed by atoms with Crippen molar-refractivity contribution in [3.63, 3.8) is 0 Å². The molecular weight excluding hydrogens is 348 g/mol. The van der Waals surface area contributed by atoms with Crippen LogP contribution in [0, 0.1) is 0 Å². The van der Waals surface area contributed by atoms with Crippen molar-refractivity contribution in [2.45, 2.75) is 38.8 Å². The molecule has 1 aromatic rings. The third-order valence-electron chi connectivity index (χ3n) is 4.49. The van der Waals surface area contributed by atoms with Gasteiger partial charge >= 0.3 is 0 Å². The first kappa shape index (κ1) is 21.0. The predicted molar refractivity (Wildman–Crippen MR) is 103 cm³/mol. The van der Waals surface area contributed by atoms with Gasteiger partial charge in [-0.25, -0.2) is 0 Å². The second-order valence-corrected chi connectivity index (χ2v) is 6.94. The number of nitrogens with zero attached hydrogens (tertiary/aromatic N) is 1. The number of rotatable bonds is 7. The van der Waals surface area contributed by atoms with E-state index in [-0.39, 0.29) is 12.5 Å². The number of carbonyl (C=O) groups excluding carboxylic acids is 2. The fourth-order valence-electron chi connectivity index (χ4n) is 3.15. The van der Waals surface area contributed by atoms with Crippen LogP contribution in [0.5, 0.6) is 11.5 Å². The first-order valence-electron chi connectivity index (χ1n) is 9.22. The van der Waals surface area contributed by atoms with Crippen molar-refractivity contribution in [1.29, 1.82) is 0 Å².